The van der Waals surface area contributed by atoms with E-state index in [1.807, 2.05) is 37.1 Å². The predicted octanol–water partition coefficient (Wildman–Crippen LogP) is 2.80. The van der Waals surface area contributed by atoms with Crippen molar-refractivity contribution in [3.05, 3.63) is 29.3 Å². The van der Waals surface area contributed by atoms with Crippen LogP contribution in [0.25, 0.3) is 0 Å². The third kappa shape index (κ3) is 3.76. The molecule has 0 spiro atoms. The molecule has 0 bridgehead atoms. The zero-order valence-corrected chi connectivity index (χ0v) is 13.1. The molecule has 4 heteroatoms. The summed E-state index contributed by atoms with van der Waals surface area (Å²) in [5.41, 5.74) is 2.73. The van der Waals surface area contributed by atoms with Crippen LogP contribution in [-0.4, -0.2) is 42.2 Å². The second kappa shape index (κ2) is 7.46. The van der Waals surface area contributed by atoms with Gasteiger partial charge in [-0.15, -0.1) is 0 Å². The molecule has 116 valence electrons. The third-order valence-corrected chi connectivity index (χ3v) is 4.36. The number of hydrogen-bond acceptors (Lipinski definition) is 3. The summed E-state index contributed by atoms with van der Waals surface area (Å²) in [6.45, 7) is 2.42. The number of aliphatic hydroxyl groups is 1. The molecule has 0 aliphatic heterocycles. The molecular formula is C17H26N2O2. The minimum atomic E-state index is 0.0237. The van der Waals surface area contributed by atoms with E-state index in [1.165, 1.54) is 19.3 Å². The van der Waals surface area contributed by atoms with E-state index in [2.05, 4.69) is 5.32 Å². The Hall–Kier alpha value is -1.55. The van der Waals surface area contributed by atoms with Crippen LogP contribution in [0.2, 0.25) is 0 Å². The molecule has 0 atom stereocenters. The second-order valence-electron chi connectivity index (χ2n) is 5.79. The molecule has 1 aromatic rings. The summed E-state index contributed by atoms with van der Waals surface area (Å²) in [6.07, 6.45) is 5.72. The molecule has 1 saturated carbocycles. The Morgan fingerprint density at radius 3 is 2.62 bits per heavy atom. The maximum absolute atomic E-state index is 12.8. The molecule has 2 rings (SSSR count). The lowest BCUT2D eigenvalue weighted by Gasteiger charge is -2.34. The molecule has 0 radical (unpaired) electrons. The Morgan fingerprint density at radius 1 is 1.33 bits per heavy atom. The van der Waals surface area contributed by atoms with Crippen LogP contribution in [0.15, 0.2) is 18.2 Å². The molecule has 1 aromatic carbocycles. The first kappa shape index (κ1) is 15.8. The fourth-order valence-electron chi connectivity index (χ4n) is 3.16. The van der Waals surface area contributed by atoms with E-state index >= 15 is 0 Å². The lowest BCUT2D eigenvalue weighted by molar-refractivity contribution is 0.0584. The SMILES string of the molecule is CNc1ccc(C(=O)N(CCO)C2CCCCC2)c(C)c1. The number of carbonyl (C=O) groups excluding carboxylic acids is 1. The molecular weight excluding hydrogens is 264 g/mol. The quantitative estimate of drug-likeness (QED) is 0.876. The molecule has 0 unspecified atom stereocenters. The van der Waals surface area contributed by atoms with Crippen molar-refractivity contribution in [2.75, 3.05) is 25.5 Å². The lowest BCUT2D eigenvalue weighted by Crippen LogP contribution is -2.43. The Labute approximate surface area is 127 Å². The number of aliphatic hydroxyl groups excluding tert-OH is 1. The van der Waals surface area contributed by atoms with E-state index in [9.17, 15) is 9.90 Å². The highest BCUT2D eigenvalue weighted by molar-refractivity contribution is 5.96. The molecule has 1 fully saturated rings. The zero-order valence-electron chi connectivity index (χ0n) is 13.1. The number of aryl methyl sites for hydroxylation is 1. The number of nitrogens with one attached hydrogen (secondary N) is 1. The van der Waals surface area contributed by atoms with E-state index in [0.29, 0.717) is 6.54 Å². The summed E-state index contributed by atoms with van der Waals surface area (Å²) in [7, 11) is 1.87. The molecule has 21 heavy (non-hydrogen) atoms. The number of hydrogen-bond donors (Lipinski definition) is 2. The van der Waals surface area contributed by atoms with Crippen molar-refractivity contribution in [2.24, 2.45) is 0 Å². The van der Waals surface area contributed by atoms with Gasteiger partial charge in [-0.1, -0.05) is 19.3 Å². The highest BCUT2D eigenvalue weighted by Crippen LogP contribution is 2.25. The highest BCUT2D eigenvalue weighted by Gasteiger charge is 2.26. The monoisotopic (exact) mass is 290 g/mol. The Morgan fingerprint density at radius 2 is 2.05 bits per heavy atom. The van der Waals surface area contributed by atoms with Crippen LogP contribution < -0.4 is 5.32 Å². The van der Waals surface area contributed by atoms with Gasteiger partial charge in [0.2, 0.25) is 0 Å². The van der Waals surface area contributed by atoms with Gasteiger partial charge < -0.3 is 15.3 Å². The number of benzene rings is 1. The van der Waals surface area contributed by atoms with Gasteiger partial charge in [0, 0.05) is 30.9 Å². The second-order valence-corrected chi connectivity index (χ2v) is 5.79. The molecule has 0 aromatic heterocycles. The van der Waals surface area contributed by atoms with Crippen molar-refractivity contribution in [3.8, 4) is 0 Å². The van der Waals surface area contributed by atoms with E-state index < -0.39 is 0 Å². The smallest absolute Gasteiger partial charge is 0.254 e. The Balaban J connectivity index is 2.21. The van der Waals surface area contributed by atoms with Gasteiger partial charge in [0.25, 0.3) is 5.91 Å². The van der Waals surface area contributed by atoms with Gasteiger partial charge in [0.15, 0.2) is 0 Å². The van der Waals surface area contributed by atoms with Crippen molar-refractivity contribution < 1.29 is 9.90 Å². The minimum absolute atomic E-state index is 0.0237. The largest absolute Gasteiger partial charge is 0.395 e. The summed E-state index contributed by atoms with van der Waals surface area (Å²) in [5.74, 6) is 0.0519. The van der Waals surface area contributed by atoms with Crippen LogP contribution in [0.1, 0.15) is 48.0 Å². The van der Waals surface area contributed by atoms with E-state index in [1.54, 1.807) is 0 Å². The number of nitrogens with zero attached hydrogens (tertiary/aromatic N) is 1. The van der Waals surface area contributed by atoms with Gasteiger partial charge in [0.1, 0.15) is 0 Å². The average molecular weight is 290 g/mol. The standard InChI is InChI=1S/C17H26N2O2/c1-13-12-14(18-2)8-9-16(13)17(21)19(10-11-20)15-6-4-3-5-7-15/h8-9,12,15,18,20H,3-7,10-11H2,1-2H3. The van der Waals surface area contributed by atoms with Crippen LogP contribution in [0.3, 0.4) is 0 Å². The summed E-state index contributed by atoms with van der Waals surface area (Å²) in [4.78, 5) is 14.7. The Bertz CT molecular complexity index is 482. The molecule has 1 amide bonds. The number of rotatable bonds is 5. The first-order chi connectivity index (χ1) is 10.2. The van der Waals surface area contributed by atoms with Crippen LogP contribution in [0.4, 0.5) is 5.69 Å². The summed E-state index contributed by atoms with van der Waals surface area (Å²) < 4.78 is 0. The van der Waals surface area contributed by atoms with Crippen molar-refractivity contribution in [2.45, 2.75) is 45.1 Å². The highest BCUT2D eigenvalue weighted by atomic mass is 16.3. The maximum Gasteiger partial charge on any atom is 0.254 e. The average Bonchev–Trinajstić information content (AvgIpc) is 2.52. The van der Waals surface area contributed by atoms with Gasteiger partial charge in [-0.2, -0.15) is 0 Å². The molecule has 0 saturated heterocycles. The van der Waals surface area contributed by atoms with Crippen LogP contribution >= 0.6 is 0 Å². The van der Waals surface area contributed by atoms with Crippen LogP contribution in [0.5, 0.6) is 0 Å². The molecule has 1 aliphatic carbocycles. The molecule has 4 nitrogen and oxygen atoms in total. The number of amides is 1. The predicted molar refractivity (Wildman–Crippen MR) is 85.7 cm³/mol. The fraction of sp³-hybridized carbons (Fsp3) is 0.588. The lowest BCUT2D eigenvalue weighted by atomic mass is 9.93. The topological polar surface area (TPSA) is 52.6 Å². The fourth-order valence-corrected chi connectivity index (χ4v) is 3.16. The number of carbonyl (C=O) groups is 1. The van der Waals surface area contributed by atoms with E-state index in [4.69, 9.17) is 0 Å². The zero-order chi connectivity index (χ0) is 15.2. The van der Waals surface area contributed by atoms with Crippen molar-refractivity contribution >= 4 is 11.6 Å². The Kier molecular flexibility index (Phi) is 5.62. The van der Waals surface area contributed by atoms with Gasteiger partial charge in [-0.3, -0.25) is 4.79 Å². The van der Waals surface area contributed by atoms with Crippen molar-refractivity contribution in [1.82, 2.24) is 4.90 Å². The van der Waals surface area contributed by atoms with Gasteiger partial charge >= 0.3 is 0 Å². The first-order valence-electron chi connectivity index (χ1n) is 7.87. The first-order valence-corrected chi connectivity index (χ1v) is 7.87. The van der Waals surface area contributed by atoms with Crippen LogP contribution in [0, 0.1) is 6.92 Å². The van der Waals surface area contributed by atoms with Crippen molar-refractivity contribution in [1.29, 1.82) is 0 Å². The summed E-state index contributed by atoms with van der Waals surface area (Å²) >= 11 is 0. The van der Waals surface area contributed by atoms with Gasteiger partial charge in [-0.05, 0) is 43.5 Å². The van der Waals surface area contributed by atoms with Crippen molar-refractivity contribution in [3.63, 3.8) is 0 Å². The normalized spacial score (nSPS) is 15.8. The van der Waals surface area contributed by atoms with E-state index in [-0.39, 0.29) is 18.6 Å². The summed E-state index contributed by atoms with van der Waals surface area (Å²) in [6, 6.07) is 6.09. The van der Waals surface area contributed by atoms with Gasteiger partial charge in [0.05, 0.1) is 6.61 Å². The van der Waals surface area contributed by atoms with Crippen LogP contribution in [-0.2, 0) is 0 Å². The third-order valence-electron chi connectivity index (χ3n) is 4.36. The molecule has 2 N–H and O–H groups in total. The van der Waals surface area contributed by atoms with Gasteiger partial charge in [-0.25, -0.2) is 0 Å². The minimum Gasteiger partial charge on any atom is -0.395 e. The maximum atomic E-state index is 12.8. The molecule has 1 aliphatic rings. The summed E-state index contributed by atoms with van der Waals surface area (Å²) in [5, 5.41) is 12.4. The molecule has 0 heterocycles. The van der Waals surface area contributed by atoms with E-state index in [0.717, 1.165) is 29.7 Å². The number of anilines is 1.